The lowest BCUT2D eigenvalue weighted by molar-refractivity contribution is 0.0746. The van der Waals surface area contributed by atoms with Crippen LogP contribution in [0.15, 0.2) is 41.6 Å². The minimum absolute atomic E-state index is 0. The first-order valence-electron chi connectivity index (χ1n) is 10.7. The van der Waals surface area contributed by atoms with E-state index in [0.717, 1.165) is 44.8 Å². The molecule has 0 atom stereocenters. The molecule has 2 aliphatic heterocycles. The van der Waals surface area contributed by atoms with Crippen molar-refractivity contribution in [3.05, 3.63) is 42.2 Å². The van der Waals surface area contributed by atoms with Crippen molar-refractivity contribution in [2.75, 3.05) is 44.2 Å². The largest absolute Gasteiger partial charge is 0.339 e. The van der Waals surface area contributed by atoms with Gasteiger partial charge in [-0.1, -0.05) is 6.42 Å². The Morgan fingerprint density at radius 3 is 2.23 bits per heavy atom. The van der Waals surface area contributed by atoms with E-state index in [9.17, 15) is 13.2 Å². The lowest BCUT2D eigenvalue weighted by atomic mass is 10.2. The summed E-state index contributed by atoms with van der Waals surface area (Å²) in [6.07, 6.45) is 6.65. The van der Waals surface area contributed by atoms with E-state index in [1.807, 2.05) is 11.1 Å². The molecule has 0 saturated carbocycles. The van der Waals surface area contributed by atoms with Gasteiger partial charge in [-0.3, -0.25) is 4.79 Å². The highest BCUT2D eigenvalue weighted by atomic mass is 35.5. The number of benzene rings is 1. The van der Waals surface area contributed by atoms with Crippen LogP contribution in [0.25, 0.3) is 0 Å². The Morgan fingerprint density at radius 1 is 0.968 bits per heavy atom. The molecule has 4 rings (SSSR count). The van der Waals surface area contributed by atoms with E-state index in [-0.39, 0.29) is 23.2 Å². The molecule has 1 amide bonds. The molecule has 31 heavy (non-hydrogen) atoms. The van der Waals surface area contributed by atoms with Gasteiger partial charge in [-0.15, -0.1) is 12.4 Å². The number of hydrogen-bond acceptors (Lipinski definition) is 5. The van der Waals surface area contributed by atoms with Crippen LogP contribution < -0.4 is 4.90 Å². The fraction of sp³-hybridized carbons (Fsp3) is 0.524. The fourth-order valence-electron chi connectivity index (χ4n) is 4.15. The molecule has 2 fully saturated rings. The summed E-state index contributed by atoms with van der Waals surface area (Å²) in [5.41, 5.74) is 0.524. The van der Waals surface area contributed by atoms with Gasteiger partial charge in [0.05, 0.1) is 4.90 Å². The van der Waals surface area contributed by atoms with Crippen LogP contribution in [0.4, 0.5) is 5.95 Å². The van der Waals surface area contributed by atoms with Crippen molar-refractivity contribution < 1.29 is 13.2 Å². The summed E-state index contributed by atoms with van der Waals surface area (Å²) in [6, 6.07) is 6.39. The molecule has 10 heteroatoms. The number of piperidine rings is 1. The van der Waals surface area contributed by atoms with Crippen molar-refractivity contribution in [1.29, 1.82) is 0 Å². The van der Waals surface area contributed by atoms with Crippen molar-refractivity contribution in [2.24, 2.45) is 0 Å². The van der Waals surface area contributed by atoms with Gasteiger partial charge in [0.25, 0.3) is 5.91 Å². The number of carbonyl (C=O) groups is 1. The van der Waals surface area contributed by atoms with E-state index in [1.54, 1.807) is 34.8 Å². The predicted molar refractivity (Wildman–Crippen MR) is 122 cm³/mol. The summed E-state index contributed by atoms with van der Waals surface area (Å²) in [5.74, 6) is 0.882. The SMILES string of the molecule is CCn1ccnc1N1CCN(C(=O)c2ccc(S(=O)(=O)N3CCCCC3)cc2)CC1.Cl. The number of imidazole rings is 1. The zero-order valence-corrected chi connectivity index (χ0v) is 19.4. The van der Waals surface area contributed by atoms with Gasteiger partial charge in [0.2, 0.25) is 16.0 Å². The highest BCUT2D eigenvalue weighted by Gasteiger charge is 2.27. The molecule has 3 heterocycles. The van der Waals surface area contributed by atoms with E-state index < -0.39 is 10.0 Å². The first-order valence-corrected chi connectivity index (χ1v) is 12.1. The first-order chi connectivity index (χ1) is 14.5. The number of carbonyl (C=O) groups excluding carboxylic acids is 1. The quantitative estimate of drug-likeness (QED) is 0.675. The maximum atomic E-state index is 12.9. The van der Waals surface area contributed by atoms with Crippen molar-refractivity contribution in [3.63, 3.8) is 0 Å². The molecule has 2 saturated heterocycles. The average molecular weight is 468 g/mol. The van der Waals surface area contributed by atoms with Gasteiger partial charge in [-0.2, -0.15) is 4.31 Å². The minimum Gasteiger partial charge on any atom is -0.339 e. The van der Waals surface area contributed by atoms with Crippen LogP contribution in [0.1, 0.15) is 36.5 Å². The predicted octanol–water partition coefficient (Wildman–Crippen LogP) is 2.46. The molecule has 0 aliphatic carbocycles. The maximum Gasteiger partial charge on any atom is 0.253 e. The number of aryl methyl sites for hydroxylation is 1. The van der Waals surface area contributed by atoms with Gasteiger partial charge < -0.3 is 14.4 Å². The minimum atomic E-state index is -3.48. The average Bonchev–Trinajstić information content (AvgIpc) is 3.28. The Bertz CT molecular complexity index is 979. The van der Waals surface area contributed by atoms with Crippen molar-refractivity contribution >= 4 is 34.3 Å². The number of rotatable bonds is 5. The van der Waals surface area contributed by atoms with Gasteiger partial charge in [0, 0.05) is 63.8 Å². The zero-order valence-electron chi connectivity index (χ0n) is 17.8. The molecule has 0 bridgehead atoms. The zero-order chi connectivity index (χ0) is 21.1. The van der Waals surface area contributed by atoms with Crippen LogP contribution in [0, 0.1) is 0 Å². The molecule has 0 unspecified atom stereocenters. The highest BCUT2D eigenvalue weighted by molar-refractivity contribution is 7.89. The van der Waals surface area contributed by atoms with Crippen LogP contribution in [0.5, 0.6) is 0 Å². The van der Waals surface area contributed by atoms with E-state index >= 15 is 0 Å². The lowest BCUT2D eigenvalue weighted by Crippen LogP contribution is -2.49. The topological polar surface area (TPSA) is 78.8 Å². The third kappa shape index (κ3) is 4.88. The standard InChI is InChI=1S/C21H29N5O3S.ClH/c1-2-23-13-10-22-21(23)25-16-14-24(15-17-25)20(27)18-6-8-19(9-7-18)30(28,29)26-11-4-3-5-12-26;/h6-10,13H,2-5,11-12,14-17H2,1H3;1H. The number of sulfonamides is 1. The summed E-state index contributed by atoms with van der Waals surface area (Å²) in [4.78, 5) is 21.6. The number of piperazine rings is 1. The number of anilines is 1. The Labute approximate surface area is 190 Å². The summed E-state index contributed by atoms with van der Waals surface area (Å²) < 4.78 is 29.2. The summed E-state index contributed by atoms with van der Waals surface area (Å²) in [7, 11) is -3.48. The van der Waals surface area contributed by atoms with Gasteiger partial charge in [-0.25, -0.2) is 13.4 Å². The maximum absolute atomic E-state index is 12.9. The molecule has 1 aromatic carbocycles. The van der Waals surface area contributed by atoms with Crippen LogP contribution >= 0.6 is 12.4 Å². The molecule has 2 aliphatic rings. The van der Waals surface area contributed by atoms with Gasteiger partial charge in [0.1, 0.15) is 0 Å². The summed E-state index contributed by atoms with van der Waals surface area (Å²) >= 11 is 0. The molecule has 0 radical (unpaired) electrons. The number of hydrogen-bond donors (Lipinski definition) is 0. The van der Waals surface area contributed by atoms with Crippen LogP contribution in [-0.2, 0) is 16.6 Å². The molecular weight excluding hydrogens is 438 g/mol. The monoisotopic (exact) mass is 467 g/mol. The van der Waals surface area contributed by atoms with Crippen LogP contribution in [0.2, 0.25) is 0 Å². The molecule has 1 aromatic heterocycles. The Hall–Kier alpha value is -2.10. The number of amides is 1. The van der Waals surface area contributed by atoms with E-state index in [0.29, 0.717) is 31.7 Å². The van der Waals surface area contributed by atoms with Crippen molar-refractivity contribution in [3.8, 4) is 0 Å². The second-order valence-electron chi connectivity index (χ2n) is 7.78. The second kappa shape index (κ2) is 10.0. The van der Waals surface area contributed by atoms with E-state index in [1.165, 1.54) is 0 Å². The van der Waals surface area contributed by atoms with Gasteiger partial charge in [-0.05, 0) is 44.0 Å². The molecule has 8 nitrogen and oxygen atoms in total. The van der Waals surface area contributed by atoms with E-state index in [2.05, 4.69) is 21.4 Å². The second-order valence-corrected chi connectivity index (χ2v) is 9.72. The Balaban J connectivity index is 0.00000272. The normalized spacial score (nSPS) is 18.0. The molecule has 170 valence electrons. The highest BCUT2D eigenvalue weighted by Crippen LogP contribution is 2.22. The summed E-state index contributed by atoms with van der Waals surface area (Å²) in [5, 5.41) is 0. The Kier molecular flexibility index (Phi) is 7.61. The van der Waals surface area contributed by atoms with E-state index in [4.69, 9.17) is 0 Å². The van der Waals surface area contributed by atoms with Gasteiger partial charge in [0.15, 0.2) is 0 Å². The van der Waals surface area contributed by atoms with Crippen LogP contribution in [0.3, 0.4) is 0 Å². The molecule has 0 spiro atoms. The number of nitrogens with zero attached hydrogens (tertiary/aromatic N) is 5. The number of halogens is 1. The fourth-order valence-corrected chi connectivity index (χ4v) is 5.66. The molecule has 0 N–H and O–H groups in total. The third-order valence-electron chi connectivity index (χ3n) is 5.94. The third-order valence-corrected chi connectivity index (χ3v) is 7.85. The Morgan fingerprint density at radius 2 is 1.61 bits per heavy atom. The smallest absolute Gasteiger partial charge is 0.253 e. The number of aromatic nitrogens is 2. The lowest BCUT2D eigenvalue weighted by Gasteiger charge is -2.35. The molecular formula is C21H30ClN5O3S. The molecule has 2 aromatic rings. The van der Waals surface area contributed by atoms with Crippen molar-refractivity contribution in [1.82, 2.24) is 18.8 Å². The van der Waals surface area contributed by atoms with Crippen molar-refractivity contribution in [2.45, 2.75) is 37.6 Å². The van der Waals surface area contributed by atoms with Gasteiger partial charge >= 0.3 is 0 Å². The first kappa shape index (κ1) is 23.6. The summed E-state index contributed by atoms with van der Waals surface area (Å²) in [6.45, 7) is 6.77. The van der Waals surface area contributed by atoms with Crippen LogP contribution in [-0.4, -0.2) is 72.3 Å².